The number of hydrogen-bond donors (Lipinski definition) is 2. The van der Waals surface area contributed by atoms with E-state index in [0.29, 0.717) is 18.8 Å². The predicted octanol–water partition coefficient (Wildman–Crippen LogP) is 0.531. The number of primary sulfonamides is 1. The third-order valence-corrected chi connectivity index (χ3v) is 4.11. The van der Waals surface area contributed by atoms with Gasteiger partial charge in [-0.1, -0.05) is 6.07 Å². The van der Waals surface area contributed by atoms with Crippen LogP contribution in [0.25, 0.3) is 0 Å². The van der Waals surface area contributed by atoms with Crippen LogP contribution in [-0.4, -0.2) is 34.2 Å². The summed E-state index contributed by atoms with van der Waals surface area (Å²) in [6.07, 6.45) is 0.962. The van der Waals surface area contributed by atoms with Gasteiger partial charge in [0.1, 0.15) is 4.90 Å². The quantitative estimate of drug-likeness (QED) is 0.772. The van der Waals surface area contributed by atoms with Crippen LogP contribution in [0.15, 0.2) is 23.1 Å². The van der Waals surface area contributed by atoms with Gasteiger partial charge >= 0.3 is 0 Å². The first-order valence-electron chi connectivity index (χ1n) is 6.17. The zero-order chi connectivity index (χ0) is 14.0. The molecule has 1 aliphatic rings. The van der Waals surface area contributed by atoms with Gasteiger partial charge in [0.2, 0.25) is 10.0 Å². The summed E-state index contributed by atoms with van der Waals surface area (Å²) >= 11 is 0. The lowest BCUT2D eigenvalue weighted by atomic mass is 10.2. The van der Waals surface area contributed by atoms with Crippen LogP contribution in [0.1, 0.15) is 13.3 Å². The zero-order valence-electron chi connectivity index (χ0n) is 10.9. The topological polar surface area (TPSA) is 98.7 Å². The molecule has 7 heteroatoms. The molecule has 2 rings (SSSR count). The number of ether oxygens (including phenoxy) is 1. The fourth-order valence-electron chi connectivity index (χ4n) is 2.27. The SMILES string of the molecule is CC1CN(c2cccc(S(N)(=O)=O)c2N)CCCO1. The molecule has 0 spiro atoms. The highest BCUT2D eigenvalue weighted by Gasteiger charge is 2.21. The number of nitrogens with zero attached hydrogens (tertiary/aromatic N) is 1. The third-order valence-electron chi connectivity index (χ3n) is 3.14. The summed E-state index contributed by atoms with van der Waals surface area (Å²) in [7, 11) is -3.80. The monoisotopic (exact) mass is 285 g/mol. The Hall–Kier alpha value is -1.31. The Kier molecular flexibility index (Phi) is 3.98. The minimum absolute atomic E-state index is 0.0252. The average Bonchev–Trinajstić information content (AvgIpc) is 2.52. The van der Waals surface area contributed by atoms with Crippen LogP contribution in [0, 0.1) is 0 Å². The minimum Gasteiger partial charge on any atom is -0.396 e. The van der Waals surface area contributed by atoms with Crippen LogP contribution in [0.2, 0.25) is 0 Å². The highest BCUT2D eigenvalue weighted by molar-refractivity contribution is 7.89. The van der Waals surface area contributed by atoms with Crippen molar-refractivity contribution in [3.63, 3.8) is 0 Å². The van der Waals surface area contributed by atoms with Crippen molar-refractivity contribution in [2.24, 2.45) is 5.14 Å². The Bertz CT molecular complexity index is 559. The number of anilines is 2. The summed E-state index contributed by atoms with van der Waals surface area (Å²) in [5.74, 6) is 0. The lowest BCUT2D eigenvalue weighted by Crippen LogP contribution is -2.31. The Labute approximate surface area is 113 Å². The van der Waals surface area contributed by atoms with Gasteiger partial charge in [-0.05, 0) is 25.5 Å². The van der Waals surface area contributed by atoms with E-state index in [-0.39, 0.29) is 16.7 Å². The molecule has 1 heterocycles. The Balaban J connectivity index is 2.39. The highest BCUT2D eigenvalue weighted by atomic mass is 32.2. The first-order chi connectivity index (χ1) is 8.89. The minimum atomic E-state index is -3.80. The molecule has 1 unspecified atom stereocenters. The smallest absolute Gasteiger partial charge is 0.240 e. The molecule has 0 aliphatic carbocycles. The van der Waals surface area contributed by atoms with E-state index in [0.717, 1.165) is 13.0 Å². The molecular weight excluding hydrogens is 266 g/mol. The normalized spacial score (nSPS) is 21.2. The maximum atomic E-state index is 11.5. The number of benzene rings is 1. The van der Waals surface area contributed by atoms with Gasteiger partial charge in [-0.2, -0.15) is 0 Å². The van der Waals surface area contributed by atoms with E-state index in [1.807, 2.05) is 17.9 Å². The van der Waals surface area contributed by atoms with Crippen LogP contribution >= 0.6 is 0 Å². The van der Waals surface area contributed by atoms with E-state index in [2.05, 4.69) is 0 Å². The first kappa shape index (κ1) is 14.1. The van der Waals surface area contributed by atoms with E-state index in [1.54, 1.807) is 6.07 Å². The van der Waals surface area contributed by atoms with Crippen molar-refractivity contribution in [1.82, 2.24) is 0 Å². The summed E-state index contributed by atoms with van der Waals surface area (Å²) < 4.78 is 28.5. The van der Waals surface area contributed by atoms with Gasteiger partial charge in [0.15, 0.2) is 0 Å². The summed E-state index contributed by atoms with van der Waals surface area (Å²) in [6, 6.07) is 4.88. The van der Waals surface area contributed by atoms with Crippen LogP contribution < -0.4 is 15.8 Å². The molecule has 0 radical (unpaired) electrons. The summed E-state index contributed by atoms with van der Waals surface area (Å²) in [6.45, 7) is 4.14. The van der Waals surface area contributed by atoms with Gasteiger partial charge in [0.05, 0.1) is 17.5 Å². The molecule has 1 saturated heterocycles. The number of nitrogen functional groups attached to an aromatic ring is 1. The van der Waals surface area contributed by atoms with Gasteiger partial charge in [0, 0.05) is 19.7 Å². The summed E-state index contributed by atoms with van der Waals surface area (Å²) in [4.78, 5) is 2.02. The van der Waals surface area contributed by atoms with Crippen molar-refractivity contribution >= 4 is 21.4 Å². The van der Waals surface area contributed by atoms with Gasteiger partial charge < -0.3 is 15.4 Å². The number of sulfonamides is 1. The third kappa shape index (κ3) is 3.17. The molecule has 19 heavy (non-hydrogen) atoms. The molecule has 0 amide bonds. The van der Waals surface area contributed by atoms with Gasteiger partial charge in [-0.15, -0.1) is 0 Å². The van der Waals surface area contributed by atoms with E-state index in [4.69, 9.17) is 15.6 Å². The van der Waals surface area contributed by atoms with E-state index in [1.165, 1.54) is 6.07 Å². The van der Waals surface area contributed by atoms with Crippen molar-refractivity contribution < 1.29 is 13.2 Å². The molecular formula is C12H19N3O3S. The molecule has 6 nitrogen and oxygen atoms in total. The van der Waals surface area contributed by atoms with Crippen molar-refractivity contribution in [3.05, 3.63) is 18.2 Å². The highest BCUT2D eigenvalue weighted by Crippen LogP contribution is 2.30. The Morgan fingerprint density at radius 2 is 2.16 bits per heavy atom. The molecule has 0 aromatic heterocycles. The van der Waals surface area contributed by atoms with Crippen molar-refractivity contribution in [3.8, 4) is 0 Å². The Morgan fingerprint density at radius 3 is 2.84 bits per heavy atom. The molecule has 4 N–H and O–H groups in total. The lowest BCUT2D eigenvalue weighted by molar-refractivity contribution is 0.0821. The lowest BCUT2D eigenvalue weighted by Gasteiger charge is -2.26. The molecule has 1 aromatic rings. The molecule has 106 valence electrons. The van der Waals surface area contributed by atoms with Crippen molar-refractivity contribution in [1.29, 1.82) is 0 Å². The van der Waals surface area contributed by atoms with Crippen molar-refractivity contribution in [2.75, 3.05) is 30.3 Å². The van der Waals surface area contributed by atoms with E-state index >= 15 is 0 Å². The second-order valence-corrected chi connectivity index (χ2v) is 6.24. The maximum absolute atomic E-state index is 11.5. The molecule has 1 atom stereocenters. The van der Waals surface area contributed by atoms with Crippen LogP contribution in [0.4, 0.5) is 11.4 Å². The average molecular weight is 285 g/mol. The standard InChI is InChI=1S/C12H19N3O3S/c1-9-8-15(6-3-7-18-9)10-4-2-5-11(12(10)13)19(14,16)17/h2,4-5,9H,3,6-8,13H2,1H3,(H2,14,16,17). The second-order valence-electron chi connectivity index (χ2n) is 4.71. The van der Waals surface area contributed by atoms with Crippen molar-refractivity contribution in [2.45, 2.75) is 24.3 Å². The largest absolute Gasteiger partial charge is 0.396 e. The molecule has 1 fully saturated rings. The van der Waals surface area contributed by atoms with Gasteiger partial charge in [-0.25, -0.2) is 13.6 Å². The molecule has 1 aliphatic heterocycles. The zero-order valence-corrected chi connectivity index (χ0v) is 11.7. The van der Waals surface area contributed by atoms with Crippen LogP contribution in [-0.2, 0) is 14.8 Å². The predicted molar refractivity (Wildman–Crippen MR) is 74.5 cm³/mol. The van der Waals surface area contributed by atoms with Crippen LogP contribution in [0.5, 0.6) is 0 Å². The van der Waals surface area contributed by atoms with Crippen LogP contribution in [0.3, 0.4) is 0 Å². The summed E-state index contributed by atoms with van der Waals surface area (Å²) in [5.41, 5.74) is 6.86. The van der Waals surface area contributed by atoms with E-state index in [9.17, 15) is 8.42 Å². The van der Waals surface area contributed by atoms with Gasteiger partial charge in [0.25, 0.3) is 0 Å². The summed E-state index contributed by atoms with van der Waals surface area (Å²) in [5, 5.41) is 5.16. The molecule has 1 aromatic carbocycles. The first-order valence-corrected chi connectivity index (χ1v) is 7.72. The number of nitrogens with two attached hydrogens (primary N) is 2. The van der Waals surface area contributed by atoms with E-state index < -0.39 is 10.0 Å². The number of hydrogen-bond acceptors (Lipinski definition) is 5. The number of para-hydroxylation sites is 1. The fraction of sp³-hybridized carbons (Fsp3) is 0.500. The second kappa shape index (κ2) is 5.36. The van der Waals surface area contributed by atoms with Gasteiger partial charge in [-0.3, -0.25) is 0 Å². The Morgan fingerprint density at radius 1 is 1.42 bits per heavy atom. The fourth-order valence-corrected chi connectivity index (χ4v) is 2.95. The maximum Gasteiger partial charge on any atom is 0.240 e. The molecule has 0 bridgehead atoms. The number of rotatable bonds is 2. The molecule has 0 saturated carbocycles.